The third kappa shape index (κ3) is 11.8. The van der Waals surface area contributed by atoms with Gasteiger partial charge in [0.1, 0.15) is 11.4 Å². The Morgan fingerprint density at radius 1 is 0.529 bits per heavy atom. The van der Waals surface area contributed by atoms with Gasteiger partial charge in [-0.25, -0.2) is 0 Å². The number of thiophene rings is 2. The molecule has 0 aliphatic heterocycles. The third-order valence-corrected chi connectivity index (χ3v) is 13.5. The van der Waals surface area contributed by atoms with Crippen molar-refractivity contribution in [3.05, 3.63) is 128 Å². The molecule has 0 saturated carbocycles. The lowest BCUT2D eigenvalue weighted by molar-refractivity contribution is 0.0936. The van der Waals surface area contributed by atoms with E-state index in [4.69, 9.17) is 0 Å². The first-order valence-electron chi connectivity index (χ1n) is 22.3. The molecule has 4 heterocycles. The molecule has 4 aromatic heterocycles. The van der Waals surface area contributed by atoms with Gasteiger partial charge in [-0.3, -0.25) is 28.8 Å². The molecular formula is C50H58N10O6S2. The van der Waals surface area contributed by atoms with Crippen molar-refractivity contribution in [1.82, 2.24) is 29.6 Å². The van der Waals surface area contributed by atoms with Crippen LogP contribution in [-0.2, 0) is 26.9 Å². The molecule has 0 unspecified atom stereocenters. The van der Waals surface area contributed by atoms with Crippen molar-refractivity contribution in [2.75, 3.05) is 75.6 Å². The largest absolute Gasteiger partial charge is 0.351 e. The van der Waals surface area contributed by atoms with Crippen molar-refractivity contribution < 1.29 is 28.8 Å². The standard InChI is InChI=1S/C50H58N10O6S2/c1-29-39(47(63)53-35-23-41(59(7)27-35)49(65)51-17-9-19-57(3)4)25-43(67-29)55-45(61)33-13-15-37-31(21-33)11-12-32-22-34(14-16-38(32)37)46(62)56-44-26-40(30(2)68-44)48(64)54-36-24-42(60(8)28-36)50(66)52-18-10-20-58(5)6/h13-16,21-28H,9-12,17-20H2,1-8H3,(H,51,65)(H,52,66)(H,53,63)(H,54,64)(H,55,61)(H,56,62). The molecule has 0 spiro atoms. The Labute approximate surface area is 404 Å². The van der Waals surface area contributed by atoms with E-state index in [0.29, 0.717) is 80.9 Å². The monoisotopic (exact) mass is 958 g/mol. The summed E-state index contributed by atoms with van der Waals surface area (Å²) in [6, 6.07) is 17.8. The van der Waals surface area contributed by atoms with E-state index in [2.05, 4.69) is 41.7 Å². The quantitative estimate of drug-likeness (QED) is 0.0486. The maximum absolute atomic E-state index is 13.5. The van der Waals surface area contributed by atoms with E-state index in [0.717, 1.165) is 57.9 Å². The van der Waals surface area contributed by atoms with Gasteiger partial charge in [0, 0.05) is 60.5 Å². The van der Waals surface area contributed by atoms with Crippen molar-refractivity contribution in [3.63, 3.8) is 0 Å². The highest BCUT2D eigenvalue weighted by Crippen LogP contribution is 2.36. The second-order valence-electron chi connectivity index (χ2n) is 17.5. The molecule has 2 aromatic carbocycles. The summed E-state index contributed by atoms with van der Waals surface area (Å²) in [4.78, 5) is 84.8. The molecule has 16 nitrogen and oxygen atoms in total. The van der Waals surface area contributed by atoms with Gasteiger partial charge in [0.05, 0.1) is 32.5 Å². The minimum Gasteiger partial charge on any atom is -0.351 e. The van der Waals surface area contributed by atoms with Crippen LogP contribution in [0.3, 0.4) is 0 Å². The zero-order valence-corrected chi connectivity index (χ0v) is 41.3. The summed E-state index contributed by atoms with van der Waals surface area (Å²) in [5.41, 5.74) is 7.66. The van der Waals surface area contributed by atoms with Gasteiger partial charge < -0.3 is 50.8 Å². The van der Waals surface area contributed by atoms with Crippen molar-refractivity contribution >= 4 is 79.5 Å². The minimum absolute atomic E-state index is 0.217. The minimum atomic E-state index is -0.347. The third-order valence-electron chi connectivity index (χ3n) is 11.6. The van der Waals surface area contributed by atoms with Gasteiger partial charge in [0.2, 0.25) is 0 Å². The van der Waals surface area contributed by atoms with Crippen LogP contribution >= 0.6 is 22.7 Å². The Hall–Kier alpha value is -6.86. The highest BCUT2D eigenvalue weighted by Gasteiger charge is 2.23. The topological polar surface area (TPSA) is 191 Å². The fraction of sp³-hybridized carbons (Fsp3) is 0.320. The van der Waals surface area contributed by atoms with Crippen molar-refractivity contribution in [2.24, 2.45) is 14.1 Å². The number of fused-ring (bicyclic) bond motifs is 3. The van der Waals surface area contributed by atoms with E-state index < -0.39 is 0 Å². The van der Waals surface area contributed by atoms with Crippen LogP contribution < -0.4 is 31.9 Å². The summed E-state index contributed by atoms with van der Waals surface area (Å²) in [7, 11) is 11.4. The number of aryl methyl sites for hydroxylation is 6. The van der Waals surface area contributed by atoms with Crippen molar-refractivity contribution in [3.8, 4) is 11.1 Å². The number of carbonyl (C=O) groups excluding carboxylic acids is 6. The molecule has 1 aliphatic rings. The van der Waals surface area contributed by atoms with E-state index in [1.807, 2.05) is 66.3 Å². The molecule has 7 rings (SSSR count). The van der Waals surface area contributed by atoms with Gasteiger partial charge in [-0.1, -0.05) is 12.1 Å². The first-order chi connectivity index (χ1) is 32.4. The molecule has 68 heavy (non-hydrogen) atoms. The summed E-state index contributed by atoms with van der Waals surface area (Å²) >= 11 is 2.61. The van der Waals surface area contributed by atoms with Crippen LogP contribution in [0.1, 0.15) is 96.1 Å². The number of hydrogen-bond acceptors (Lipinski definition) is 10. The average Bonchev–Trinajstić information content (AvgIpc) is 4.07. The highest BCUT2D eigenvalue weighted by molar-refractivity contribution is 7.17. The van der Waals surface area contributed by atoms with Gasteiger partial charge >= 0.3 is 0 Å². The normalized spacial score (nSPS) is 11.8. The van der Waals surface area contributed by atoms with Gasteiger partial charge in [-0.05, 0) is 152 Å². The lowest BCUT2D eigenvalue weighted by Crippen LogP contribution is -2.28. The zero-order valence-electron chi connectivity index (χ0n) is 39.6. The molecule has 356 valence electrons. The number of nitrogens with one attached hydrogen (secondary N) is 6. The summed E-state index contributed by atoms with van der Waals surface area (Å²) in [6.07, 6.45) is 6.36. The predicted octanol–water partition coefficient (Wildman–Crippen LogP) is 7.24. The molecule has 6 amide bonds. The first kappa shape index (κ1) is 49.1. The molecule has 6 aromatic rings. The summed E-state index contributed by atoms with van der Waals surface area (Å²) in [5, 5.41) is 18.6. The van der Waals surface area contributed by atoms with E-state index in [-0.39, 0.29) is 35.4 Å². The number of benzene rings is 2. The van der Waals surface area contributed by atoms with Crippen LogP contribution in [0.4, 0.5) is 21.4 Å². The molecule has 18 heteroatoms. The van der Waals surface area contributed by atoms with Gasteiger partial charge in [0.15, 0.2) is 0 Å². The van der Waals surface area contributed by atoms with E-state index in [1.54, 1.807) is 72.0 Å². The number of hydrogen-bond donors (Lipinski definition) is 6. The maximum Gasteiger partial charge on any atom is 0.267 e. The predicted molar refractivity (Wildman–Crippen MR) is 271 cm³/mol. The number of carbonyl (C=O) groups is 6. The fourth-order valence-corrected chi connectivity index (χ4v) is 9.90. The number of amides is 6. The fourth-order valence-electron chi connectivity index (χ4n) is 8.07. The molecule has 0 atom stereocenters. The lowest BCUT2D eigenvalue weighted by atomic mass is 9.84. The zero-order chi connectivity index (χ0) is 48.8. The summed E-state index contributed by atoms with van der Waals surface area (Å²) in [5.74, 6) is -1.72. The van der Waals surface area contributed by atoms with Gasteiger partial charge in [0.25, 0.3) is 35.4 Å². The van der Waals surface area contributed by atoms with E-state index >= 15 is 0 Å². The lowest BCUT2D eigenvalue weighted by Gasteiger charge is -2.21. The van der Waals surface area contributed by atoms with Crippen LogP contribution in [0.2, 0.25) is 0 Å². The molecule has 0 radical (unpaired) electrons. The van der Waals surface area contributed by atoms with Crippen molar-refractivity contribution in [1.29, 1.82) is 0 Å². The van der Waals surface area contributed by atoms with Crippen molar-refractivity contribution in [2.45, 2.75) is 39.5 Å². The molecule has 6 N–H and O–H groups in total. The Morgan fingerprint density at radius 2 is 0.926 bits per heavy atom. The highest BCUT2D eigenvalue weighted by atomic mass is 32.1. The van der Waals surface area contributed by atoms with Crippen LogP contribution in [0.25, 0.3) is 11.1 Å². The van der Waals surface area contributed by atoms with Crippen LogP contribution in [-0.4, -0.2) is 109 Å². The second kappa shape index (κ2) is 21.4. The number of nitrogens with zero attached hydrogens (tertiary/aromatic N) is 4. The average molecular weight is 959 g/mol. The molecule has 0 fully saturated rings. The number of aromatic nitrogens is 2. The second-order valence-corrected chi connectivity index (χ2v) is 20.0. The smallest absolute Gasteiger partial charge is 0.267 e. The Balaban J connectivity index is 0.932. The molecule has 0 saturated heterocycles. The van der Waals surface area contributed by atoms with E-state index in [1.165, 1.54) is 22.7 Å². The van der Waals surface area contributed by atoms with Crippen LogP contribution in [0, 0.1) is 13.8 Å². The number of rotatable bonds is 18. The van der Waals surface area contributed by atoms with Gasteiger partial charge in [-0.2, -0.15) is 0 Å². The Bertz CT molecular complexity index is 2710. The maximum atomic E-state index is 13.5. The molecule has 1 aliphatic carbocycles. The summed E-state index contributed by atoms with van der Waals surface area (Å²) in [6.45, 7) is 6.44. The number of anilines is 4. The van der Waals surface area contributed by atoms with E-state index in [9.17, 15) is 28.8 Å². The Kier molecular flexibility index (Phi) is 15.4. The molecule has 0 bridgehead atoms. The van der Waals surface area contributed by atoms with Crippen LogP contribution in [0.15, 0.2) is 73.1 Å². The Morgan fingerprint density at radius 3 is 1.31 bits per heavy atom. The van der Waals surface area contributed by atoms with Gasteiger partial charge in [-0.15, -0.1) is 22.7 Å². The SMILES string of the molecule is Cc1sc(NC(=O)c2ccc3c(c2)CCc2cc(C(=O)Nc4cc(C(=O)Nc5cc(C(=O)NCCCN(C)C)n(C)c5)c(C)s4)ccc2-3)cc1C(=O)Nc1cc(C(=O)NCCCN(C)C)n(C)c1. The van der Waals surface area contributed by atoms with Crippen LogP contribution in [0.5, 0.6) is 0 Å². The summed E-state index contributed by atoms with van der Waals surface area (Å²) < 4.78 is 3.35. The molecular weight excluding hydrogens is 901 g/mol. The first-order valence-corrected chi connectivity index (χ1v) is 24.0.